The Morgan fingerprint density at radius 3 is 2.90 bits per heavy atom. The first-order chi connectivity index (χ1) is 10.1. The summed E-state index contributed by atoms with van der Waals surface area (Å²) in [7, 11) is 0. The zero-order valence-corrected chi connectivity index (χ0v) is 13.2. The lowest BCUT2D eigenvalue weighted by atomic mass is 9.78. The standard InChI is InChI=1S/C17H25N3O/c1-4-21-15-10-6-9-14-16(15)19-17(18)20(14)13-8-5-7-11(2)12(13)3/h6,9-13H,4-5,7-8H2,1-3H3,(H2,18,19). The minimum atomic E-state index is 0.440. The van der Waals surface area contributed by atoms with Crippen molar-refractivity contribution in [1.82, 2.24) is 9.55 Å². The van der Waals surface area contributed by atoms with Crippen molar-refractivity contribution in [3.05, 3.63) is 18.2 Å². The number of hydrogen-bond acceptors (Lipinski definition) is 3. The van der Waals surface area contributed by atoms with Crippen LogP contribution in [0.5, 0.6) is 5.75 Å². The summed E-state index contributed by atoms with van der Waals surface area (Å²) in [4.78, 5) is 4.58. The molecule has 0 bridgehead atoms. The molecule has 1 saturated carbocycles. The number of imidazole rings is 1. The van der Waals surface area contributed by atoms with Crippen LogP contribution in [0.1, 0.15) is 46.1 Å². The number of anilines is 1. The fourth-order valence-corrected chi connectivity index (χ4v) is 3.65. The first-order valence-electron chi connectivity index (χ1n) is 8.02. The lowest BCUT2D eigenvalue weighted by Crippen LogP contribution is -2.27. The molecule has 21 heavy (non-hydrogen) atoms. The van der Waals surface area contributed by atoms with Gasteiger partial charge in [-0.15, -0.1) is 0 Å². The van der Waals surface area contributed by atoms with Crippen LogP contribution in [0, 0.1) is 11.8 Å². The maximum Gasteiger partial charge on any atom is 0.201 e. The van der Waals surface area contributed by atoms with Gasteiger partial charge in [0.2, 0.25) is 5.95 Å². The van der Waals surface area contributed by atoms with Gasteiger partial charge in [0, 0.05) is 6.04 Å². The molecule has 1 aliphatic rings. The molecule has 1 aromatic carbocycles. The monoisotopic (exact) mass is 287 g/mol. The average Bonchev–Trinajstić information content (AvgIpc) is 2.80. The van der Waals surface area contributed by atoms with Crippen molar-refractivity contribution in [3.8, 4) is 5.75 Å². The van der Waals surface area contributed by atoms with Crippen LogP contribution >= 0.6 is 0 Å². The molecular formula is C17H25N3O. The average molecular weight is 287 g/mol. The van der Waals surface area contributed by atoms with Crippen LogP contribution < -0.4 is 10.5 Å². The van der Waals surface area contributed by atoms with Gasteiger partial charge in [0.05, 0.1) is 12.1 Å². The molecular weight excluding hydrogens is 262 g/mol. The summed E-state index contributed by atoms with van der Waals surface area (Å²) >= 11 is 0. The Balaban J connectivity index is 2.10. The molecule has 0 radical (unpaired) electrons. The van der Waals surface area contributed by atoms with Crippen LogP contribution in [0.3, 0.4) is 0 Å². The molecule has 0 aliphatic heterocycles. The van der Waals surface area contributed by atoms with Crippen molar-refractivity contribution in [3.63, 3.8) is 0 Å². The zero-order valence-electron chi connectivity index (χ0n) is 13.2. The molecule has 114 valence electrons. The Kier molecular flexibility index (Phi) is 3.79. The lowest BCUT2D eigenvalue weighted by Gasteiger charge is -2.35. The predicted octanol–water partition coefficient (Wildman–Crippen LogP) is 4.01. The molecule has 4 heteroatoms. The third-order valence-electron chi connectivity index (χ3n) is 5.01. The van der Waals surface area contributed by atoms with Gasteiger partial charge in [0.25, 0.3) is 0 Å². The highest BCUT2D eigenvalue weighted by atomic mass is 16.5. The van der Waals surface area contributed by atoms with Gasteiger partial charge in [-0.1, -0.05) is 32.8 Å². The Morgan fingerprint density at radius 2 is 2.14 bits per heavy atom. The Labute approximate surface area is 126 Å². The Bertz CT molecular complexity index is 634. The van der Waals surface area contributed by atoms with Crippen molar-refractivity contribution in [2.45, 2.75) is 46.1 Å². The van der Waals surface area contributed by atoms with E-state index in [4.69, 9.17) is 10.5 Å². The molecule has 2 N–H and O–H groups in total. The summed E-state index contributed by atoms with van der Waals surface area (Å²) in [5, 5.41) is 0. The number of nitrogen functional groups attached to an aromatic ring is 1. The Morgan fingerprint density at radius 1 is 1.33 bits per heavy atom. The van der Waals surface area contributed by atoms with Crippen molar-refractivity contribution in [2.75, 3.05) is 12.3 Å². The predicted molar refractivity (Wildman–Crippen MR) is 86.5 cm³/mol. The smallest absolute Gasteiger partial charge is 0.201 e. The molecule has 0 saturated heterocycles. The molecule has 3 unspecified atom stereocenters. The molecule has 1 heterocycles. The molecule has 2 aromatic rings. The summed E-state index contributed by atoms with van der Waals surface area (Å²) in [6.07, 6.45) is 3.76. The van der Waals surface area contributed by atoms with E-state index in [2.05, 4.69) is 29.5 Å². The number of hydrogen-bond donors (Lipinski definition) is 1. The van der Waals surface area contributed by atoms with Gasteiger partial charge >= 0.3 is 0 Å². The summed E-state index contributed by atoms with van der Waals surface area (Å²) in [6, 6.07) is 6.54. The minimum Gasteiger partial charge on any atom is -0.492 e. The number of benzene rings is 1. The fraction of sp³-hybridized carbons (Fsp3) is 0.588. The summed E-state index contributed by atoms with van der Waals surface area (Å²) in [5.41, 5.74) is 8.25. The number of aromatic nitrogens is 2. The van der Waals surface area contributed by atoms with Crippen molar-refractivity contribution < 1.29 is 4.74 Å². The van der Waals surface area contributed by atoms with Crippen LogP contribution in [0.25, 0.3) is 11.0 Å². The van der Waals surface area contributed by atoms with Gasteiger partial charge in [0.1, 0.15) is 11.3 Å². The highest BCUT2D eigenvalue weighted by Gasteiger charge is 2.30. The first-order valence-corrected chi connectivity index (χ1v) is 8.02. The third-order valence-corrected chi connectivity index (χ3v) is 5.01. The van der Waals surface area contributed by atoms with Gasteiger partial charge in [-0.2, -0.15) is 0 Å². The van der Waals surface area contributed by atoms with E-state index in [1.165, 1.54) is 19.3 Å². The topological polar surface area (TPSA) is 53.1 Å². The van der Waals surface area contributed by atoms with Gasteiger partial charge in [-0.3, -0.25) is 0 Å². The number of rotatable bonds is 3. The molecule has 0 amide bonds. The summed E-state index contributed by atoms with van der Waals surface area (Å²) in [5.74, 6) is 2.80. The Hall–Kier alpha value is -1.71. The molecule has 3 rings (SSSR count). The van der Waals surface area contributed by atoms with E-state index >= 15 is 0 Å². The molecule has 4 nitrogen and oxygen atoms in total. The highest BCUT2D eigenvalue weighted by molar-refractivity contribution is 5.84. The number of para-hydroxylation sites is 1. The van der Waals surface area contributed by atoms with Crippen LogP contribution in [0.4, 0.5) is 5.95 Å². The van der Waals surface area contributed by atoms with Crippen molar-refractivity contribution >= 4 is 17.0 Å². The molecule has 0 spiro atoms. The maximum absolute atomic E-state index is 6.25. The largest absolute Gasteiger partial charge is 0.492 e. The van der Waals surface area contributed by atoms with Gasteiger partial charge < -0.3 is 15.0 Å². The van der Waals surface area contributed by atoms with E-state index in [1.54, 1.807) is 0 Å². The van der Waals surface area contributed by atoms with Crippen LogP contribution in [0.15, 0.2) is 18.2 Å². The minimum absolute atomic E-state index is 0.440. The van der Waals surface area contributed by atoms with E-state index in [1.807, 2.05) is 19.1 Å². The summed E-state index contributed by atoms with van der Waals surface area (Å²) < 4.78 is 7.93. The highest BCUT2D eigenvalue weighted by Crippen LogP contribution is 2.41. The van der Waals surface area contributed by atoms with Crippen LogP contribution in [0.2, 0.25) is 0 Å². The number of nitrogens with zero attached hydrogens (tertiary/aromatic N) is 2. The third kappa shape index (κ3) is 2.37. The molecule has 1 aliphatic carbocycles. The normalized spacial score (nSPS) is 26.1. The van der Waals surface area contributed by atoms with Crippen molar-refractivity contribution in [1.29, 1.82) is 0 Å². The fourth-order valence-electron chi connectivity index (χ4n) is 3.65. The van der Waals surface area contributed by atoms with E-state index < -0.39 is 0 Å². The number of ether oxygens (including phenoxy) is 1. The van der Waals surface area contributed by atoms with Crippen LogP contribution in [-0.4, -0.2) is 16.2 Å². The number of nitrogens with two attached hydrogens (primary N) is 1. The van der Waals surface area contributed by atoms with Gasteiger partial charge in [-0.05, 0) is 37.3 Å². The quantitative estimate of drug-likeness (QED) is 0.927. The molecule has 3 atom stereocenters. The van der Waals surface area contributed by atoms with Crippen molar-refractivity contribution in [2.24, 2.45) is 11.8 Å². The zero-order chi connectivity index (χ0) is 15.0. The second-order valence-corrected chi connectivity index (χ2v) is 6.23. The summed E-state index contributed by atoms with van der Waals surface area (Å²) in [6.45, 7) is 7.32. The van der Waals surface area contributed by atoms with E-state index in [0.717, 1.165) is 22.7 Å². The second kappa shape index (κ2) is 5.58. The number of fused-ring (bicyclic) bond motifs is 1. The molecule has 1 aromatic heterocycles. The van der Waals surface area contributed by atoms with Crippen LogP contribution in [-0.2, 0) is 0 Å². The SMILES string of the molecule is CCOc1cccc2c1nc(N)n2C1CCCC(C)C1C. The van der Waals surface area contributed by atoms with E-state index in [9.17, 15) is 0 Å². The first kappa shape index (κ1) is 14.2. The molecule has 1 fully saturated rings. The lowest BCUT2D eigenvalue weighted by molar-refractivity contribution is 0.191. The second-order valence-electron chi connectivity index (χ2n) is 6.23. The van der Waals surface area contributed by atoms with E-state index in [0.29, 0.717) is 24.5 Å². The van der Waals surface area contributed by atoms with Gasteiger partial charge in [0.15, 0.2) is 0 Å². The van der Waals surface area contributed by atoms with Gasteiger partial charge in [-0.25, -0.2) is 4.98 Å². The maximum atomic E-state index is 6.25. The van der Waals surface area contributed by atoms with E-state index in [-0.39, 0.29) is 0 Å².